The second-order valence-electron chi connectivity index (χ2n) is 3.41. The molecule has 0 saturated heterocycles. The third-order valence-electron chi connectivity index (χ3n) is 2.24. The Morgan fingerprint density at radius 2 is 1.94 bits per heavy atom. The third-order valence-corrected chi connectivity index (χ3v) is 2.24. The Morgan fingerprint density at radius 3 is 2.39 bits per heavy atom. The van der Waals surface area contributed by atoms with Crippen LogP contribution in [0.5, 0.6) is 0 Å². The van der Waals surface area contributed by atoms with E-state index >= 15 is 0 Å². The molecule has 7 nitrogen and oxygen atoms in total. The second-order valence-corrected chi connectivity index (χ2v) is 3.41. The fourth-order valence-corrected chi connectivity index (χ4v) is 1.22. The Hall–Kier alpha value is -2.15. The third kappa shape index (κ3) is 3.17. The van der Waals surface area contributed by atoms with Crippen molar-refractivity contribution in [3.63, 3.8) is 0 Å². The van der Waals surface area contributed by atoms with Crippen LogP contribution in [0.15, 0.2) is 18.2 Å². The summed E-state index contributed by atoms with van der Waals surface area (Å²) in [4.78, 5) is 32.7. The maximum absolute atomic E-state index is 11.6. The first-order chi connectivity index (χ1) is 7.84. The van der Waals surface area contributed by atoms with Gasteiger partial charge >= 0.3 is 6.09 Å². The molecule has 1 aromatic rings. The van der Waals surface area contributed by atoms with E-state index in [9.17, 15) is 19.7 Å². The van der Waals surface area contributed by atoms with Gasteiger partial charge in [0.25, 0.3) is 11.6 Å². The molecule has 0 atom stereocenters. The van der Waals surface area contributed by atoms with Crippen LogP contribution >= 0.6 is 12.4 Å². The predicted molar refractivity (Wildman–Crippen MR) is 65.2 cm³/mol. The van der Waals surface area contributed by atoms with E-state index in [2.05, 4.69) is 0 Å². The molecule has 0 aliphatic heterocycles. The number of nitrogens with zero attached hydrogens (tertiary/aromatic N) is 2. The van der Waals surface area contributed by atoms with Gasteiger partial charge in [0.15, 0.2) is 0 Å². The summed E-state index contributed by atoms with van der Waals surface area (Å²) in [6, 6.07) is 3.82. The van der Waals surface area contributed by atoms with Crippen LogP contribution in [0.25, 0.3) is 0 Å². The summed E-state index contributed by atoms with van der Waals surface area (Å²) in [6.45, 7) is 1.54. The van der Waals surface area contributed by atoms with Gasteiger partial charge < -0.3 is 5.11 Å². The lowest BCUT2D eigenvalue weighted by atomic mass is 10.1. The van der Waals surface area contributed by atoms with E-state index in [1.165, 1.54) is 19.1 Å². The molecule has 0 aromatic heterocycles. The topological polar surface area (TPSA) is 101 Å². The van der Waals surface area contributed by atoms with Gasteiger partial charge in [-0.2, -0.15) is 0 Å². The summed E-state index contributed by atoms with van der Waals surface area (Å²) in [5.41, 5.74) is 0.159. The van der Waals surface area contributed by atoms with Crippen molar-refractivity contribution in [3.8, 4) is 0 Å². The molecular formula is C10H11ClN2O5. The summed E-state index contributed by atoms with van der Waals surface area (Å²) in [7, 11) is 1.08. The minimum Gasteiger partial charge on any atom is -0.465 e. The molecular weight excluding hydrogens is 264 g/mol. The van der Waals surface area contributed by atoms with Crippen molar-refractivity contribution in [1.82, 2.24) is 4.90 Å². The molecule has 8 heteroatoms. The molecule has 0 spiro atoms. The van der Waals surface area contributed by atoms with Crippen molar-refractivity contribution in [2.24, 2.45) is 0 Å². The van der Waals surface area contributed by atoms with Gasteiger partial charge in [-0.25, -0.2) is 9.69 Å². The normalized spacial score (nSPS) is 9.22. The van der Waals surface area contributed by atoms with Crippen LogP contribution in [0.4, 0.5) is 10.5 Å². The highest BCUT2D eigenvalue weighted by molar-refractivity contribution is 6.02. The van der Waals surface area contributed by atoms with E-state index in [0.717, 1.165) is 13.1 Å². The van der Waals surface area contributed by atoms with Gasteiger partial charge in [0, 0.05) is 24.2 Å². The number of nitro groups is 1. The minimum absolute atomic E-state index is 0. The van der Waals surface area contributed by atoms with Gasteiger partial charge in [-0.05, 0) is 13.0 Å². The van der Waals surface area contributed by atoms with Crippen molar-refractivity contribution >= 4 is 30.1 Å². The van der Waals surface area contributed by atoms with E-state index in [-0.39, 0.29) is 23.7 Å². The number of amides is 2. The maximum atomic E-state index is 11.6. The zero-order valence-electron chi connectivity index (χ0n) is 9.61. The first-order valence-corrected chi connectivity index (χ1v) is 4.60. The Labute approximate surface area is 109 Å². The lowest BCUT2D eigenvalue weighted by Gasteiger charge is -2.10. The number of nitro benzene ring substituents is 1. The van der Waals surface area contributed by atoms with E-state index in [0.29, 0.717) is 10.5 Å². The van der Waals surface area contributed by atoms with Crippen LogP contribution < -0.4 is 0 Å². The number of carboxylic acid groups (broad SMARTS) is 1. The zero-order chi connectivity index (χ0) is 13.2. The Bertz CT molecular complexity index is 503. The molecule has 1 aromatic carbocycles. The summed E-state index contributed by atoms with van der Waals surface area (Å²) in [5, 5.41) is 19.3. The number of rotatable bonds is 2. The molecule has 0 bridgehead atoms. The molecule has 2 amide bonds. The van der Waals surface area contributed by atoms with Crippen LogP contribution in [-0.4, -0.2) is 34.0 Å². The number of halogens is 1. The predicted octanol–water partition coefficient (Wildman–Crippen LogP) is 2.08. The van der Waals surface area contributed by atoms with Crippen molar-refractivity contribution in [2.45, 2.75) is 6.92 Å². The highest BCUT2D eigenvalue weighted by atomic mass is 35.5. The molecule has 0 fully saturated rings. The quantitative estimate of drug-likeness (QED) is 0.657. The number of hydrogen-bond donors (Lipinski definition) is 1. The largest absolute Gasteiger partial charge is 0.465 e. The number of imide groups is 1. The molecule has 0 unspecified atom stereocenters. The van der Waals surface area contributed by atoms with Crippen molar-refractivity contribution in [2.75, 3.05) is 7.05 Å². The van der Waals surface area contributed by atoms with E-state index in [1.807, 2.05) is 0 Å². The molecule has 18 heavy (non-hydrogen) atoms. The number of aryl methyl sites for hydroxylation is 1. The van der Waals surface area contributed by atoms with E-state index < -0.39 is 16.9 Å². The molecule has 0 heterocycles. The van der Waals surface area contributed by atoms with Gasteiger partial charge in [-0.15, -0.1) is 12.4 Å². The Kier molecular flexibility index (Phi) is 5.25. The fraction of sp³-hybridized carbons (Fsp3) is 0.200. The smallest absolute Gasteiger partial charge is 0.414 e. The van der Waals surface area contributed by atoms with Gasteiger partial charge in [0.1, 0.15) is 0 Å². The molecule has 1 N–H and O–H groups in total. The molecule has 0 saturated carbocycles. The maximum Gasteiger partial charge on any atom is 0.414 e. The van der Waals surface area contributed by atoms with E-state index in [4.69, 9.17) is 5.11 Å². The lowest BCUT2D eigenvalue weighted by Crippen LogP contribution is -2.31. The van der Waals surface area contributed by atoms with Crippen molar-refractivity contribution < 1.29 is 19.6 Å². The van der Waals surface area contributed by atoms with Crippen LogP contribution in [0.2, 0.25) is 0 Å². The average molecular weight is 275 g/mol. The van der Waals surface area contributed by atoms with Crippen LogP contribution in [0, 0.1) is 17.0 Å². The molecule has 1 rings (SSSR count). The summed E-state index contributed by atoms with van der Waals surface area (Å²) < 4.78 is 0. The Morgan fingerprint density at radius 1 is 1.39 bits per heavy atom. The first-order valence-electron chi connectivity index (χ1n) is 4.60. The summed E-state index contributed by atoms with van der Waals surface area (Å²) in [5.74, 6) is -0.805. The SMILES string of the molecule is Cc1ccc(C(=O)N(C)C(=O)O)cc1[N+](=O)[O-].Cl. The van der Waals surface area contributed by atoms with Crippen LogP contribution in [0.3, 0.4) is 0 Å². The number of benzene rings is 1. The zero-order valence-corrected chi connectivity index (χ0v) is 10.4. The molecule has 0 aliphatic rings. The summed E-state index contributed by atoms with van der Waals surface area (Å²) in [6.07, 6.45) is -1.42. The standard InChI is InChI=1S/C10H10N2O5.ClH/c1-6-3-4-7(5-8(6)12(16)17)9(13)11(2)10(14)15;/h3-5H,1-2H3,(H,14,15);1H. The number of hydrogen-bond acceptors (Lipinski definition) is 4. The van der Waals surface area contributed by atoms with E-state index in [1.54, 1.807) is 0 Å². The molecule has 98 valence electrons. The van der Waals surface area contributed by atoms with Crippen molar-refractivity contribution in [3.05, 3.63) is 39.4 Å². The highest BCUT2D eigenvalue weighted by Crippen LogP contribution is 2.20. The first kappa shape index (κ1) is 15.9. The van der Waals surface area contributed by atoms with Gasteiger partial charge in [0.05, 0.1) is 4.92 Å². The van der Waals surface area contributed by atoms with Gasteiger partial charge in [0.2, 0.25) is 0 Å². The Balaban J connectivity index is 0.00000289. The fourth-order valence-electron chi connectivity index (χ4n) is 1.22. The van der Waals surface area contributed by atoms with Crippen LogP contribution in [0.1, 0.15) is 15.9 Å². The average Bonchev–Trinajstić information content (AvgIpc) is 2.27. The number of carbonyl (C=O) groups excluding carboxylic acids is 1. The number of carbonyl (C=O) groups is 2. The molecule has 0 aliphatic carbocycles. The van der Waals surface area contributed by atoms with Crippen LogP contribution in [-0.2, 0) is 0 Å². The van der Waals surface area contributed by atoms with Gasteiger partial charge in [-0.1, -0.05) is 6.07 Å². The summed E-state index contributed by atoms with van der Waals surface area (Å²) >= 11 is 0. The minimum atomic E-state index is -1.42. The molecule has 0 radical (unpaired) electrons. The van der Waals surface area contributed by atoms with Crippen molar-refractivity contribution in [1.29, 1.82) is 0 Å². The van der Waals surface area contributed by atoms with Gasteiger partial charge in [-0.3, -0.25) is 14.9 Å². The monoisotopic (exact) mass is 274 g/mol. The second kappa shape index (κ2) is 5.97. The highest BCUT2D eigenvalue weighted by Gasteiger charge is 2.20. The lowest BCUT2D eigenvalue weighted by molar-refractivity contribution is -0.385.